The van der Waals surface area contributed by atoms with Gasteiger partial charge < -0.3 is 4.98 Å². The molecule has 15 heavy (non-hydrogen) atoms. The Labute approximate surface area is 91.7 Å². The summed E-state index contributed by atoms with van der Waals surface area (Å²) in [4.78, 5) is 18.2. The minimum atomic E-state index is -0.325. The first kappa shape index (κ1) is 10.2. The smallest absolute Gasteiger partial charge is 0.268 e. The Morgan fingerprint density at radius 2 is 2.47 bits per heavy atom. The van der Waals surface area contributed by atoms with E-state index in [9.17, 15) is 4.79 Å². The highest BCUT2D eigenvalue weighted by Gasteiger charge is 2.18. The molecule has 0 amide bonds. The van der Waals surface area contributed by atoms with Gasteiger partial charge in [0.25, 0.3) is 5.56 Å². The fourth-order valence-corrected chi connectivity index (χ4v) is 2.87. The fraction of sp³-hybridized carbons (Fsp3) is 0.500. The molecule has 1 atom stereocenters. The fourth-order valence-electron chi connectivity index (χ4n) is 1.61. The van der Waals surface area contributed by atoms with Gasteiger partial charge in [0.05, 0.1) is 11.4 Å². The summed E-state index contributed by atoms with van der Waals surface area (Å²) in [5.41, 5.74) is -0.242. The maximum atomic E-state index is 11.4. The molecule has 1 unspecified atom stereocenters. The third-order valence-electron chi connectivity index (χ3n) is 2.42. The summed E-state index contributed by atoms with van der Waals surface area (Å²) >= 11 is 1.82. The van der Waals surface area contributed by atoms with Gasteiger partial charge in [-0.1, -0.05) is 6.42 Å². The van der Waals surface area contributed by atoms with Gasteiger partial charge in [-0.15, -0.1) is 0 Å². The number of hydrogen-bond donors (Lipinski definition) is 1. The molecule has 1 aliphatic heterocycles. The number of H-pyrrole nitrogens is 1. The van der Waals surface area contributed by atoms with Gasteiger partial charge >= 0.3 is 0 Å². The number of aromatic amines is 1. The Morgan fingerprint density at radius 1 is 1.60 bits per heavy atom. The van der Waals surface area contributed by atoms with Crippen molar-refractivity contribution >= 4 is 11.8 Å². The van der Waals surface area contributed by atoms with E-state index in [-0.39, 0.29) is 11.1 Å². The maximum absolute atomic E-state index is 11.4. The van der Waals surface area contributed by atoms with E-state index in [2.05, 4.69) is 9.97 Å². The summed E-state index contributed by atoms with van der Waals surface area (Å²) in [7, 11) is 0. The minimum absolute atomic E-state index is 0.0829. The van der Waals surface area contributed by atoms with Gasteiger partial charge in [-0.05, 0) is 18.6 Å². The quantitative estimate of drug-likeness (QED) is 0.782. The van der Waals surface area contributed by atoms with Crippen molar-refractivity contribution in [2.45, 2.75) is 24.5 Å². The normalized spacial score (nSPS) is 20.9. The van der Waals surface area contributed by atoms with Crippen LogP contribution in [-0.4, -0.2) is 15.7 Å². The van der Waals surface area contributed by atoms with E-state index >= 15 is 0 Å². The molecule has 5 heteroatoms. The first-order valence-corrected chi connectivity index (χ1v) is 5.97. The van der Waals surface area contributed by atoms with E-state index in [1.807, 2.05) is 17.8 Å². The first-order valence-electron chi connectivity index (χ1n) is 4.92. The topological polar surface area (TPSA) is 69.5 Å². The monoisotopic (exact) mass is 221 g/mol. The minimum Gasteiger partial charge on any atom is -0.308 e. The number of hydrogen-bond acceptors (Lipinski definition) is 4. The van der Waals surface area contributed by atoms with Crippen molar-refractivity contribution in [1.82, 2.24) is 9.97 Å². The molecule has 0 bridgehead atoms. The number of thioether (sulfide) groups is 1. The van der Waals surface area contributed by atoms with Gasteiger partial charge in [-0.3, -0.25) is 4.79 Å². The third kappa shape index (κ3) is 2.21. The lowest BCUT2D eigenvalue weighted by Gasteiger charge is -2.19. The van der Waals surface area contributed by atoms with E-state index < -0.39 is 0 Å². The van der Waals surface area contributed by atoms with E-state index in [4.69, 9.17) is 5.26 Å². The largest absolute Gasteiger partial charge is 0.308 e. The highest BCUT2D eigenvalue weighted by Crippen LogP contribution is 2.35. The second-order valence-electron chi connectivity index (χ2n) is 3.48. The lowest BCUT2D eigenvalue weighted by molar-refractivity contribution is 0.659. The summed E-state index contributed by atoms with van der Waals surface area (Å²) in [6, 6.07) is 1.81. The number of nitrogens with one attached hydrogen (secondary N) is 1. The molecular weight excluding hydrogens is 210 g/mol. The molecule has 2 rings (SSSR count). The molecule has 0 radical (unpaired) electrons. The lowest BCUT2D eigenvalue weighted by atomic mass is 10.2. The number of nitriles is 1. The van der Waals surface area contributed by atoms with Crippen molar-refractivity contribution in [3.8, 4) is 6.07 Å². The number of aromatic nitrogens is 2. The summed E-state index contributed by atoms with van der Waals surface area (Å²) in [6.07, 6.45) is 4.84. The van der Waals surface area contributed by atoms with Crippen LogP contribution in [0.4, 0.5) is 0 Å². The molecule has 2 heterocycles. The number of rotatable bonds is 1. The van der Waals surface area contributed by atoms with Crippen LogP contribution in [0.3, 0.4) is 0 Å². The molecule has 1 aliphatic rings. The molecule has 1 aromatic rings. The molecule has 1 N–H and O–H groups in total. The van der Waals surface area contributed by atoms with Crippen LogP contribution in [0.15, 0.2) is 11.0 Å². The van der Waals surface area contributed by atoms with Gasteiger partial charge in [0.1, 0.15) is 17.5 Å². The summed E-state index contributed by atoms with van der Waals surface area (Å²) in [5, 5.41) is 8.90. The van der Waals surface area contributed by atoms with Crippen molar-refractivity contribution in [2.24, 2.45) is 0 Å². The van der Waals surface area contributed by atoms with Crippen LogP contribution >= 0.6 is 11.8 Å². The molecule has 0 spiro atoms. The van der Waals surface area contributed by atoms with Crippen LogP contribution in [0.2, 0.25) is 0 Å². The van der Waals surface area contributed by atoms with E-state index in [1.165, 1.54) is 19.0 Å². The van der Waals surface area contributed by atoms with Crippen molar-refractivity contribution in [3.05, 3.63) is 27.9 Å². The maximum Gasteiger partial charge on any atom is 0.268 e. The second-order valence-corrected chi connectivity index (χ2v) is 4.79. The van der Waals surface area contributed by atoms with Gasteiger partial charge in [0, 0.05) is 0 Å². The Morgan fingerprint density at radius 3 is 3.07 bits per heavy atom. The first-order chi connectivity index (χ1) is 7.31. The van der Waals surface area contributed by atoms with Gasteiger partial charge in [0.15, 0.2) is 0 Å². The van der Waals surface area contributed by atoms with Gasteiger partial charge in [0.2, 0.25) is 0 Å². The van der Waals surface area contributed by atoms with Gasteiger partial charge in [-0.2, -0.15) is 17.0 Å². The molecule has 1 saturated heterocycles. The van der Waals surface area contributed by atoms with E-state index in [0.717, 1.165) is 12.2 Å². The Bertz CT molecular complexity index is 443. The molecule has 0 aliphatic carbocycles. The van der Waals surface area contributed by atoms with Crippen molar-refractivity contribution < 1.29 is 0 Å². The van der Waals surface area contributed by atoms with E-state index in [0.29, 0.717) is 11.1 Å². The van der Waals surface area contributed by atoms with Crippen molar-refractivity contribution in [2.75, 3.05) is 5.75 Å². The van der Waals surface area contributed by atoms with Crippen molar-refractivity contribution in [3.63, 3.8) is 0 Å². The van der Waals surface area contributed by atoms with Crippen LogP contribution < -0.4 is 5.56 Å². The highest BCUT2D eigenvalue weighted by atomic mass is 32.2. The molecule has 1 aromatic heterocycles. The lowest BCUT2D eigenvalue weighted by Crippen LogP contribution is -2.17. The van der Waals surface area contributed by atoms with Crippen LogP contribution in [-0.2, 0) is 0 Å². The zero-order chi connectivity index (χ0) is 10.7. The average molecular weight is 221 g/mol. The standard InChI is InChI=1S/C10H11N3OS/c11-5-7-6-12-9(13-10(7)14)8-3-1-2-4-15-8/h6,8H,1-4H2,(H,12,13,14). The average Bonchev–Trinajstić information content (AvgIpc) is 2.30. The number of nitrogens with zero attached hydrogens (tertiary/aromatic N) is 2. The highest BCUT2D eigenvalue weighted by molar-refractivity contribution is 7.99. The SMILES string of the molecule is N#Cc1cnc(C2CCCCS2)[nH]c1=O. The van der Waals surface area contributed by atoms with Crippen LogP contribution in [0.25, 0.3) is 0 Å². The van der Waals surface area contributed by atoms with Crippen LogP contribution in [0.5, 0.6) is 0 Å². The zero-order valence-corrected chi connectivity index (χ0v) is 9.01. The second kappa shape index (κ2) is 4.49. The zero-order valence-electron chi connectivity index (χ0n) is 8.19. The third-order valence-corrected chi connectivity index (χ3v) is 3.81. The van der Waals surface area contributed by atoms with Crippen LogP contribution in [0, 0.1) is 11.3 Å². The molecule has 1 fully saturated rings. The van der Waals surface area contributed by atoms with Crippen molar-refractivity contribution in [1.29, 1.82) is 5.26 Å². The predicted octanol–water partition coefficient (Wildman–Crippen LogP) is 1.60. The Hall–Kier alpha value is -1.28. The van der Waals surface area contributed by atoms with Crippen LogP contribution in [0.1, 0.15) is 35.9 Å². The predicted molar refractivity (Wildman–Crippen MR) is 58.6 cm³/mol. The summed E-state index contributed by atoms with van der Waals surface area (Å²) in [5.74, 6) is 1.83. The molecule has 4 nitrogen and oxygen atoms in total. The van der Waals surface area contributed by atoms with E-state index in [1.54, 1.807) is 0 Å². The molecule has 78 valence electrons. The Balaban J connectivity index is 2.26. The molecule has 0 saturated carbocycles. The molecular formula is C10H11N3OS. The summed E-state index contributed by atoms with van der Waals surface area (Å²) < 4.78 is 0. The summed E-state index contributed by atoms with van der Waals surface area (Å²) in [6.45, 7) is 0. The Kier molecular flexibility index (Phi) is 3.07. The van der Waals surface area contributed by atoms with Gasteiger partial charge in [-0.25, -0.2) is 4.98 Å². The molecule has 0 aromatic carbocycles.